The van der Waals surface area contributed by atoms with E-state index in [-0.39, 0.29) is 5.82 Å². The van der Waals surface area contributed by atoms with Gasteiger partial charge in [0.2, 0.25) is 0 Å². The Morgan fingerprint density at radius 3 is 2.81 bits per heavy atom. The Kier molecular flexibility index (Phi) is 3.79. The van der Waals surface area contributed by atoms with Crippen molar-refractivity contribution in [1.29, 1.82) is 0 Å². The van der Waals surface area contributed by atoms with Gasteiger partial charge < -0.3 is 0 Å². The van der Waals surface area contributed by atoms with Gasteiger partial charge in [0.25, 0.3) is 0 Å². The summed E-state index contributed by atoms with van der Waals surface area (Å²) in [5.74, 6) is 2.02. The molecule has 0 saturated heterocycles. The summed E-state index contributed by atoms with van der Waals surface area (Å²) in [7, 11) is 0. The first-order valence-electron chi connectivity index (χ1n) is 7.71. The zero-order valence-corrected chi connectivity index (χ0v) is 12.6. The van der Waals surface area contributed by atoms with Crippen LogP contribution in [-0.2, 0) is 0 Å². The second-order valence-electron chi connectivity index (χ2n) is 6.37. The van der Waals surface area contributed by atoms with Crippen molar-refractivity contribution in [3.05, 3.63) is 60.0 Å². The number of benzene rings is 1. The fourth-order valence-electron chi connectivity index (χ4n) is 3.00. The number of nitrogens with zero attached hydrogens (tertiary/aromatic N) is 1. The lowest BCUT2D eigenvalue weighted by Gasteiger charge is -2.09. The van der Waals surface area contributed by atoms with Crippen LogP contribution in [0.25, 0.3) is 0 Å². The summed E-state index contributed by atoms with van der Waals surface area (Å²) in [4.78, 5) is 4.74. The predicted octanol–water partition coefficient (Wildman–Crippen LogP) is 4.71. The van der Waals surface area contributed by atoms with E-state index in [9.17, 15) is 4.39 Å². The molecule has 2 fully saturated rings. The second-order valence-corrected chi connectivity index (χ2v) is 6.37. The van der Waals surface area contributed by atoms with Gasteiger partial charge in [0, 0.05) is 11.6 Å². The summed E-state index contributed by atoms with van der Waals surface area (Å²) in [5.41, 5.74) is 3.59. The molecule has 0 aliphatic heterocycles. The van der Waals surface area contributed by atoms with E-state index in [1.807, 2.05) is 12.1 Å². The van der Waals surface area contributed by atoms with Crippen LogP contribution in [0.2, 0.25) is 0 Å². The molecule has 2 aliphatic carbocycles. The maximum Gasteiger partial charge on any atom is 0.126 e. The third kappa shape index (κ3) is 3.15. The molecule has 0 heterocycles. The summed E-state index contributed by atoms with van der Waals surface area (Å²) in [6.45, 7) is 9.99. The molecule has 3 rings (SSSR count). The Morgan fingerprint density at radius 1 is 1.43 bits per heavy atom. The molecule has 21 heavy (non-hydrogen) atoms. The number of hydrogen-bond acceptors (Lipinski definition) is 1. The lowest BCUT2D eigenvalue weighted by atomic mass is 10.0. The minimum absolute atomic E-state index is 0.147. The van der Waals surface area contributed by atoms with Gasteiger partial charge in [-0.2, -0.15) is 0 Å². The molecule has 0 spiro atoms. The van der Waals surface area contributed by atoms with E-state index in [1.54, 1.807) is 19.1 Å². The van der Waals surface area contributed by atoms with E-state index in [1.165, 1.54) is 19.3 Å². The van der Waals surface area contributed by atoms with Crippen LogP contribution >= 0.6 is 0 Å². The van der Waals surface area contributed by atoms with Gasteiger partial charge >= 0.3 is 0 Å². The van der Waals surface area contributed by atoms with Crippen molar-refractivity contribution < 1.29 is 4.39 Å². The van der Waals surface area contributed by atoms with Crippen LogP contribution in [0.15, 0.2) is 48.0 Å². The van der Waals surface area contributed by atoms with Gasteiger partial charge in [-0.1, -0.05) is 31.4 Å². The van der Waals surface area contributed by atoms with Crippen molar-refractivity contribution in [3.63, 3.8) is 0 Å². The largest absolute Gasteiger partial charge is 0.284 e. The third-order valence-corrected chi connectivity index (χ3v) is 4.63. The number of halogens is 1. The molecule has 0 radical (unpaired) electrons. The van der Waals surface area contributed by atoms with Crippen LogP contribution in [0.1, 0.15) is 30.4 Å². The van der Waals surface area contributed by atoms with Crippen molar-refractivity contribution in [2.75, 3.05) is 6.54 Å². The van der Waals surface area contributed by atoms with Crippen LogP contribution in [0.4, 0.5) is 4.39 Å². The Balaban J connectivity index is 1.85. The average Bonchev–Trinajstić information content (AvgIpc) is 3.34. The second kappa shape index (κ2) is 5.59. The molecule has 0 amide bonds. The number of aryl methyl sites for hydroxylation is 1. The smallest absolute Gasteiger partial charge is 0.126 e. The standard InChI is InChI=1S/C19H22FN/c1-4-12(2)11-21-19(17-10-16(17)14-7-8-14)15-6-5-13(3)18(20)9-15/h4-6,9,14,16-17H,1-2,7-8,10-11H2,3H3/b21-19-. The molecule has 2 aliphatic rings. The van der Waals surface area contributed by atoms with Gasteiger partial charge in [-0.3, -0.25) is 4.99 Å². The van der Waals surface area contributed by atoms with Gasteiger partial charge in [-0.25, -0.2) is 4.39 Å². The molecule has 0 aromatic heterocycles. The van der Waals surface area contributed by atoms with E-state index >= 15 is 0 Å². The van der Waals surface area contributed by atoms with E-state index < -0.39 is 0 Å². The molecule has 110 valence electrons. The van der Waals surface area contributed by atoms with Crippen LogP contribution in [0.3, 0.4) is 0 Å². The fourth-order valence-corrected chi connectivity index (χ4v) is 3.00. The molecule has 2 saturated carbocycles. The fraction of sp³-hybridized carbons (Fsp3) is 0.421. The zero-order valence-electron chi connectivity index (χ0n) is 12.6. The molecule has 1 aromatic rings. The number of aliphatic imine (C=N–C) groups is 1. The van der Waals surface area contributed by atoms with Crippen LogP contribution in [0.5, 0.6) is 0 Å². The summed E-state index contributed by atoms with van der Waals surface area (Å²) in [5, 5.41) is 0. The third-order valence-electron chi connectivity index (χ3n) is 4.63. The Hall–Kier alpha value is -1.70. The lowest BCUT2D eigenvalue weighted by Crippen LogP contribution is -2.08. The molecule has 2 unspecified atom stereocenters. The highest BCUT2D eigenvalue weighted by atomic mass is 19.1. The molecular formula is C19H22FN. The minimum atomic E-state index is -0.147. The van der Waals surface area contributed by atoms with E-state index in [0.29, 0.717) is 18.0 Å². The molecule has 1 nitrogen and oxygen atoms in total. The summed E-state index contributed by atoms with van der Waals surface area (Å²) >= 11 is 0. The predicted molar refractivity (Wildman–Crippen MR) is 86.2 cm³/mol. The average molecular weight is 283 g/mol. The van der Waals surface area contributed by atoms with Gasteiger partial charge in [0.05, 0.1) is 6.54 Å². The molecule has 0 N–H and O–H groups in total. The first-order valence-corrected chi connectivity index (χ1v) is 7.71. The van der Waals surface area contributed by atoms with E-state index in [4.69, 9.17) is 4.99 Å². The summed E-state index contributed by atoms with van der Waals surface area (Å²) in [6.07, 6.45) is 5.66. The van der Waals surface area contributed by atoms with Crippen LogP contribution in [-0.4, -0.2) is 12.3 Å². The van der Waals surface area contributed by atoms with Crippen molar-refractivity contribution in [2.45, 2.75) is 26.2 Å². The maximum atomic E-state index is 13.9. The number of hydrogen-bond donors (Lipinski definition) is 0. The van der Waals surface area contributed by atoms with Crippen molar-refractivity contribution in [1.82, 2.24) is 0 Å². The SMILES string of the molecule is C=CC(=C)C/N=C(/c1ccc(C)c(F)c1)C1CC1C1CC1. The Labute approximate surface area is 126 Å². The molecular weight excluding hydrogens is 261 g/mol. The molecule has 1 aromatic carbocycles. The van der Waals surface area contributed by atoms with Gasteiger partial charge in [0.1, 0.15) is 5.82 Å². The van der Waals surface area contributed by atoms with Gasteiger partial charge in [-0.05, 0) is 60.8 Å². The van der Waals surface area contributed by atoms with Gasteiger partial charge in [0.15, 0.2) is 0 Å². The van der Waals surface area contributed by atoms with E-state index in [2.05, 4.69) is 13.2 Å². The lowest BCUT2D eigenvalue weighted by molar-refractivity contribution is 0.618. The molecule has 2 heteroatoms. The van der Waals surface area contributed by atoms with E-state index in [0.717, 1.165) is 28.7 Å². The topological polar surface area (TPSA) is 12.4 Å². The first-order chi connectivity index (χ1) is 10.1. The maximum absolute atomic E-state index is 13.9. The quantitative estimate of drug-likeness (QED) is 0.529. The highest BCUT2D eigenvalue weighted by Gasteiger charge is 2.49. The highest BCUT2D eigenvalue weighted by molar-refractivity contribution is 6.04. The molecule has 0 bridgehead atoms. The monoisotopic (exact) mass is 283 g/mol. The van der Waals surface area contributed by atoms with Crippen molar-refractivity contribution >= 4 is 5.71 Å². The van der Waals surface area contributed by atoms with Gasteiger partial charge in [-0.15, -0.1) is 0 Å². The highest BCUT2D eigenvalue weighted by Crippen LogP contribution is 2.55. The Bertz CT molecular complexity index is 610. The zero-order chi connectivity index (χ0) is 15.0. The minimum Gasteiger partial charge on any atom is -0.284 e. The molecule has 2 atom stereocenters. The first kappa shape index (κ1) is 14.2. The van der Waals surface area contributed by atoms with Crippen LogP contribution < -0.4 is 0 Å². The summed E-state index contributed by atoms with van der Waals surface area (Å²) in [6, 6.07) is 5.47. The van der Waals surface area contributed by atoms with Crippen molar-refractivity contribution in [3.8, 4) is 0 Å². The van der Waals surface area contributed by atoms with Crippen LogP contribution in [0, 0.1) is 30.5 Å². The van der Waals surface area contributed by atoms with Crippen molar-refractivity contribution in [2.24, 2.45) is 22.7 Å². The Morgan fingerprint density at radius 2 is 2.19 bits per heavy atom. The number of rotatable bonds is 6. The normalized spacial score (nSPS) is 24.8. The summed E-state index contributed by atoms with van der Waals surface area (Å²) < 4.78 is 13.9.